The van der Waals surface area contributed by atoms with E-state index in [-0.39, 0.29) is 17.9 Å². The maximum absolute atomic E-state index is 12.6. The Morgan fingerprint density at radius 2 is 1.92 bits per heavy atom. The molecular weight excluding hydrogens is 336 g/mol. The predicted molar refractivity (Wildman–Crippen MR) is 98.8 cm³/mol. The molecule has 1 aromatic rings. The van der Waals surface area contributed by atoms with Crippen LogP contribution in [-0.4, -0.2) is 38.0 Å². The lowest BCUT2D eigenvalue weighted by molar-refractivity contribution is -0.126. The van der Waals surface area contributed by atoms with Crippen molar-refractivity contribution in [3.63, 3.8) is 0 Å². The zero-order valence-corrected chi connectivity index (χ0v) is 15.9. The lowest BCUT2D eigenvalue weighted by Crippen LogP contribution is -2.45. The number of aryl methyl sites for hydroxylation is 2. The molecule has 25 heavy (non-hydrogen) atoms. The molecule has 0 aromatic heterocycles. The number of amides is 1. The molecule has 0 spiro atoms. The van der Waals surface area contributed by atoms with E-state index < -0.39 is 10.0 Å². The van der Waals surface area contributed by atoms with E-state index in [1.54, 1.807) is 0 Å². The van der Waals surface area contributed by atoms with Crippen molar-refractivity contribution >= 4 is 15.9 Å². The van der Waals surface area contributed by atoms with E-state index in [0.29, 0.717) is 13.1 Å². The molecule has 1 aromatic carbocycles. The molecule has 0 unspecified atom stereocenters. The number of piperidine rings is 1. The number of nitrogens with zero attached hydrogens (tertiary/aromatic N) is 1. The minimum atomic E-state index is -3.23. The van der Waals surface area contributed by atoms with E-state index >= 15 is 0 Å². The van der Waals surface area contributed by atoms with Gasteiger partial charge in [-0.25, -0.2) is 12.7 Å². The standard InChI is InChI=1S/C19H28N2O3S/c1-14(16-10-9-15-6-3-4-7-17(15)12-16)20-19(22)18-8-5-11-21(13-18)25(2,23)24/h9-10,12,14,18H,3-8,11,13H2,1-2H3,(H,20,22)/t14-,18-/m1/s1. The molecule has 3 rings (SSSR count). The Kier molecular flexibility index (Phi) is 5.49. The highest BCUT2D eigenvalue weighted by molar-refractivity contribution is 7.88. The van der Waals surface area contributed by atoms with Crippen LogP contribution in [-0.2, 0) is 27.7 Å². The van der Waals surface area contributed by atoms with E-state index in [0.717, 1.165) is 31.2 Å². The van der Waals surface area contributed by atoms with Gasteiger partial charge in [-0.15, -0.1) is 0 Å². The molecule has 2 aliphatic rings. The van der Waals surface area contributed by atoms with Crippen molar-refractivity contribution in [3.05, 3.63) is 34.9 Å². The van der Waals surface area contributed by atoms with Gasteiger partial charge in [-0.05, 0) is 62.1 Å². The second-order valence-electron chi connectivity index (χ2n) is 7.43. The number of carbonyl (C=O) groups is 1. The van der Waals surface area contributed by atoms with Crippen molar-refractivity contribution in [1.29, 1.82) is 0 Å². The first kappa shape index (κ1) is 18.4. The van der Waals surface area contributed by atoms with Crippen LogP contribution in [0.2, 0.25) is 0 Å². The fourth-order valence-electron chi connectivity index (χ4n) is 3.89. The van der Waals surface area contributed by atoms with Crippen molar-refractivity contribution in [3.8, 4) is 0 Å². The highest BCUT2D eigenvalue weighted by Crippen LogP contribution is 2.25. The van der Waals surface area contributed by atoms with Gasteiger partial charge in [0.1, 0.15) is 0 Å². The Morgan fingerprint density at radius 3 is 2.64 bits per heavy atom. The van der Waals surface area contributed by atoms with Gasteiger partial charge in [-0.3, -0.25) is 4.79 Å². The highest BCUT2D eigenvalue weighted by atomic mass is 32.2. The molecule has 0 saturated carbocycles. The third-order valence-corrected chi connectivity index (χ3v) is 6.72. The maximum atomic E-state index is 12.6. The smallest absolute Gasteiger partial charge is 0.224 e. The van der Waals surface area contributed by atoms with Crippen molar-refractivity contribution in [2.24, 2.45) is 5.92 Å². The lowest BCUT2D eigenvalue weighted by atomic mass is 9.89. The zero-order chi connectivity index (χ0) is 18.0. The van der Waals surface area contributed by atoms with Crippen molar-refractivity contribution in [1.82, 2.24) is 9.62 Å². The summed E-state index contributed by atoms with van der Waals surface area (Å²) in [6.45, 7) is 2.81. The number of hydrogen-bond donors (Lipinski definition) is 1. The summed E-state index contributed by atoms with van der Waals surface area (Å²) in [6.07, 6.45) is 7.46. The highest BCUT2D eigenvalue weighted by Gasteiger charge is 2.30. The second-order valence-corrected chi connectivity index (χ2v) is 9.41. The number of hydrogen-bond acceptors (Lipinski definition) is 3. The van der Waals surface area contributed by atoms with Gasteiger partial charge in [0.2, 0.25) is 15.9 Å². The molecule has 1 N–H and O–H groups in total. The van der Waals surface area contributed by atoms with E-state index in [1.807, 2.05) is 6.92 Å². The second kappa shape index (κ2) is 7.46. The van der Waals surface area contributed by atoms with Crippen molar-refractivity contribution in [2.75, 3.05) is 19.3 Å². The maximum Gasteiger partial charge on any atom is 0.224 e. The quantitative estimate of drug-likeness (QED) is 0.892. The molecular formula is C19H28N2O3S. The third-order valence-electron chi connectivity index (χ3n) is 5.46. The monoisotopic (exact) mass is 364 g/mol. The van der Waals surface area contributed by atoms with E-state index in [1.165, 1.54) is 34.5 Å². The molecule has 1 fully saturated rings. The number of benzene rings is 1. The summed E-state index contributed by atoms with van der Waals surface area (Å²) in [5.74, 6) is -0.304. The van der Waals surface area contributed by atoms with Crippen LogP contribution in [0.3, 0.4) is 0 Å². The van der Waals surface area contributed by atoms with Crippen LogP contribution in [0.5, 0.6) is 0 Å². The first-order chi connectivity index (χ1) is 11.8. The van der Waals surface area contributed by atoms with Crippen molar-refractivity contribution in [2.45, 2.75) is 51.5 Å². The van der Waals surface area contributed by atoms with Gasteiger partial charge in [0.15, 0.2) is 0 Å². The normalized spacial score (nSPS) is 22.9. The lowest BCUT2D eigenvalue weighted by Gasteiger charge is -2.31. The minimum absolute atomic E-state index is 0.0430. The zero-order valence-electron chi connectivity index (χ0n) is 15.1. The van der Waals surface area contributed by atoms with Crippen LogP contribution in [0, 0.1) is 5.92 Å². The Bertz CT molecular complexity index is 745. The summed E-state index contributed by atoms with van der Waals surface area (Å²) < 4.78 is 24.9. The molecule has 6 heteroatoms. The Labute approximate surface area is 150 Å². The Morgan fingerprint density at radius 1 is 1.20 bits per heavy atom. The summed E-state index contributed by atoms with van der Waals surface area (Å²) in [5.41, 5.74) is 3.97. The SMILES string of the molecule is C[C@@H](NC(=O)[C@@H]1CCCN(S(C)(=O)=O)C1)c1ccc2c(c1)CCCC2. The van der Waals surface area contributed by atoms with E-state index in [2.05, 4.69) is 23.5 Å². The predicted octanol–water partition coefficient (Wildman–Crippen LogP) is 2.41. The first-order valence-electron chi connectivity index (χ1n) is 9.22. The molecule has 1 aliphatic carbocycles. The summed E-state index contributed by atoms with van der Waals surface area (Å²) in [6, 6.07) is 6.47. The van der Waals surface area contributed by atoms with Crippen molar-refractivity contribution < 1.29 is 13.2 Å². The van der Waals surface area contributed by atoms with Crippen LogP contribution >= 0.6 is 0 Å². The molecule has 1 heterocycles. The summed E-state index contributed by atoms with van der Waals surface area (Å²) in [7, 11) is -3.23. The number of fused-ring (bicyclic) bond motifs is 1. The number of carbonyl (C=O) groups excluding carboxylic acids is 1. The third kappa shape index (κ3) is 4.42. The number of rotatable bonds is 4. The topological polar surface area (TPSA) is 66.5 Å². The van der Waals surface area contributed by atoms with Gasteiger partial charge >= 0.3 is 0 Å². The Hall–Kier alpha value is -1.40. The molecule has 1 amide bonds. The van der Waals surface area contributed by atoms with Crippen LogP contribution in [0.1, 0.15) is 55.3 Å². The van der Waals surface area contributed by atoms with E-state index in [4.69, 9.17) is 0 Å². The average Bonchev–Trinajstić information content (AvgIpc) is 2.60. The minimum Gasteiger partial charge on any atom is -0.349 e. The number of sulfonamides is 1. The number of nitrogens with one attached hydrogen (secondary N) is 1. The summed E-state index contributed by atoms with van der Waals surface area (Å²) >= 11 is 0. The molecule has 1 aliphatic heterocycles. The van der Waals surface area contributed by atoms with E-state index in [9.17, 15) is 13.2 Å². The van der Waals surface area contributed by atoms with Gasteiger partial charge in [-0.1, -0.05) is 18.2 Å². The summed E-state index contributed by atoms with van der Waals surface area (Å²) in [5, 5.41) is 3.08. The molecule has 5 nitrogen and oxygen atoms in total. The Balaban J connectivity index is 1.64. The summed E-state index contributed by atoms with van der Waals surface area (Å²) in [4.78, 5) is 12.6. The van der Waals surface area contributed by atoms with Gasteiger partial charge in [0.05, 0.1) is 18.2 Å². The fraction of sp³-hybridized carbons (Fsp3) is 0.632. The van der Waals surface area contributed by atoms with Crippen LogP contribution in [0.25, 0.3) is 0 Å². The molecule has 2 atom stereocenters. The van der Waals surface area contributed by atoms with Gasteiger partial charge in [-0.2, -0.15) is 0 Å². The van der Waals surface area contributed by atoms with Crippen LogP contribution in [0.15, 0.2) is 18.2 Å². The fourth-order valence-corrected chi connectivity index (χ4v) is 4.81. The molecule has 138 valence electrons. The van der Waals surface area contributed by atoms with Gasteiger partial charge < -0.3 is 5.32 Å². The van der Waals surface area contributed by atoms with Gasteiger partial charge in [0.25, 0.3) is 0 Å². The molecule has 0 radical (unpaired) electrons. The molecule has 0 bridgehead atoms. The van der Waals surface area contributed by atoms with Crippen LogP contribution in [0.4, 0.5) is 0 Å². The largest absolute Gasteiger partial charge is 0.349 e. The molecule has 1 saturated heterocycles. The first-order valence-corrected chi connectivity index (χ1v) is 11.1. The van der Waals surface area contributed by atoms with Gasteiger partial charge in [0, 0.05) is 13.1 Å². The van der Waals surface area contributed by atoms with Crippen LogP contribution < -0.4 is 5.32 Å². The average molecular weight is 365 g/mol.